The number of halogens is 1. The lowest BCUT2D eigenvalue weighted by molar-refractivity contribution is -0.256. The molecule has 208 valence electrons. The number of ether oxygens (including phenoxy) is 5. The molecule has 0 aromatic heterocycles. The van der Waals surface area contributed by atoms with Crippen molar-refractivity contribution in [3.8, 4) is 0 Å². The highest BCUT2D eigenvalue weighted by atomic mass is 35.5. The summed E-state index contributed by atoms with van der Waals surface area (Å²) in [6.45, 7) is 1.93. The second-order valence-electron chi connectivity index (χ2n) is 9.81. The van der Waals surface area contributed by atoms with Crippen LogP contribution in [0.5, 0.6) is 0 Å². The Kier molecular flexibility index (Phi) is 10.8. The minimum atomic E-state index is -0.744. The molecule has 5 rings (SSSR count). The van der Waals surface area contributed by atoms with Crippen molar-refractivity contribution in [2.24, 2.45) is 0 Å². The van der Waals surface area contributed by atoms with Gasteiger partial charge in [0.1, 0.15) is 24.4 Å². The Morgan fingerprint density at radius 3 is 1.30 bits per heavy atom. The Balaban J connectivity index is 1.36. The smallest absolute Gasteiger partial charge is 0.160 e. The average molecular weight is 559 g/mol. The van der Waals surface area contributed by atoms with Crippen LogP contribution < -0.4 is 0 Å². The zero-order valence-corrected chi connectivity index (χ0v) is 23.1. The topological polar surface area (TPSA) is 46.2 Å². The standard InChI is InChI=1S/C34H35ClO5/c35-34-33(39-24-29-19-11-4-12-20-29)32(38-23-28-17-9-3-10-18-28)31(37-22-27-15-7-2-8-16-27)30(40-34)25-36-21-26-13-5-1-6-14-26/h1-20,30-34H,21-25H2/t30?,31-,32?,33-,34+/m1/s1. The maximum absolute atomic E-state index is 6.86. The summed E-state index contributed by atoms with van der Waals surface area (Å²) in [5.74, 6) is 0. The first kappa shape index (κ1) is 28.5. The molecular formula is C34H35ClO5. The lowest BCUT2D eigenvalue weighted by Crippen LogP contribution is -2.59. The fraction of sp³-hybridized carbons (Fsp3) is 0.294. The summed E-state index contributed by atoms with van der Waals surface area (Å²) in [7, 11) is 0. The van der Waals surface area contributed by atoms with Crippen molar-refractivity contribution in [1.82, 2.24) is 0 Å². The van der Waals surface area contributed by atoms with Gasteiger partial charge in [-0.1, -0.05) is 133 Å². The van der Waals surface area contributed by atoms with Crippen molar-refractivity contribution in [2.75, 3.05) is 6.61 Å². The number of rotatable bonds is 13. The molecular weight excluding hydrogens is 524 g/mol. The van der Waals surface area contributed by atoms with Crippen LogP contribution in [0.25, 0.3) is 0 Å². The summed E-state index contributed by atoms with van der Waals surface area (Å²) in [5, 5.41) is 0. The van der Waals surface area contributed by atoms with E-state index in [1.807, 2.05) is 121 Å². The molecule has 0 radical (unpaired) electrons. The lowest BCUT2D eigenvalue weighted by atomic mass is 9.99. The first-order chi connectivity index (χ1) is 19.8. The lowest BCUT2D eigenvalue weighted by Gasteiger charge is -2.44. The van der Waals surface area contributed by atoms with Crippen LogP contribution >= 0.6 is 11.6 Å². The summed E-state index contributed by atoms with van der Waals surface area (Å²) in [4.78, 5) is 0. The zero-order valence-electron chi connectivity index (χ0n) is 22.4. The summed E-state index contributed by atoms with van der Waals surface area (Å²) < 4.78 is 31.9. The van der Waals surface area contributed by atoms with Gasteiger partial charge >= 0.3 is 0 Å². The Labute approximate surface area is 241 Å². The maximum atomic E-state index is 6.86. The molecule has 6 heteroatoms. The minimum Gasteiger partial charge on any atom is -0.374 e. The first-order valence-corrected chi connectivity index (χ1v) is 14.1. The number of hydrogen-bond donors (Lipinski definition) is 0. The van der Waals surface area contributed by atoms with Gasteiger partial charge in [0.2, 0.25) is 0 Å². The molecule has 4 aromatic rings. The third-order valence-corrected chi connectivity index (χ3v) is 7.18. The maximum Gasteiger partial charge on any atom is 0.160 e. The number of alkyl halides is 1. The fourth-order valence-electron chi connectivity index (χ4n) is 4.73. The van der Waals surface area contributed by atoms with E-state index in [4.69, 9.17) is 35.3 Å². The van der Waals surface area contributed by atoms with Crippen LogP contribution in [0, 0.1) is 0 Å². The molecule has 0 amide bonds. The quantitative estimate of drug-likeness (QED) is 0.167. The fourth-order valence-corrected chi connectivity index (χ4v) is 5.08. The van der Waals surface area contributed by atoms with E-state index < -0.39 is 30.0 Å². The van der Waals surface area contributed by atoms with Gasteiger partial charge in [-0.05, 0) is 22.3 Å². The molecule has 1 saturated heterocycles. The van der Waals surface area contributed by atoms with E-state index in [0.717, 1.165) is 22.3 Å². The average Bonchev–Trinajstić information content (AvgIpc) is 3.01. The third-order valence-electron chi connectivity index (χ3n) is 6.83. The van der Waals surface area contributed by atoms with Gasteiger partial charge in [-0.3, -0.25) is 0 Å². The largest absolute Gasteiger partial charge is 0.374 e. The number of benzene rings is 4. The van der Waals surface area contributed by atoms with Crippen LogP contribution in [0.15, 0.2) is 121 Å². The summed E-state index contributed by atoms with van der Waals surface area (Å²) in [6, 6.07) is 40.2. The summed E-state index contributed by atoms with van der Waals surface area (Å²) >= 11 is 6.86. The Hall–Kier alpha value is -3.03. The molecule has 0 aliphatic carbocycles. The van der Waals surface area contributed by atoms with E-state index >= 15 is 0 Å². The molecule has 5 atom stereocenters. The predicted octanol–water partition coefficient (Wildman–Crippen LogP) is 6.92. The van der Waals surface area contributed by atoms with Gasteiger partial charge in [-0.2, -0.15) is 0 Å². The molecule has 0 N–H and O–H groups in total. The molecule has 1 aliphatic rings. The normalized spacial score (nSPS) is 22.7. The Morgan fingerprint density at radius 1 is 0.475 bits per heavy atom. The van der Waals surface area contributed by atoms with E-state index in [-0.39, 0.29) is 0 Å². The summed E-state index contributed by atoms with van der Waals surface area (Å²) in [6.07, 6.45) is -1.98. The molecule has 0 spiro atoms. The van der Waals surface area contributed by atoms with Crippen molar-refractivity contribution in [3.63, 3.8) is 0 Å². The van der Waals surface area contributed by atoms with Gasteiger partial charge in [-0.25, -0.2) is 0 Å². The first-order valence-electron chi connectivity index (χ1n) is 13.6. The molecule has 0 saturated carbocycles. The van der Waals surface area contributed by atoms with Gasteiger partial charge in [-0.15, -0.1) is 0 Å². The van der Waals surface area contributed by atoms with Crippen LogP contribution in [0.2, 0.25) is 0 Å². The van der Waals surface area contributed by atoms with Crippen LogP contribution in [-0.4, -0.2) is 36.6 Å². The second kappa shape index (κ2) is 15.1. The van der Waals surface area contributed by atoms with Gasteiger partial charge in [0.25, 0.3) is 0 Å². The van der Waals surface area contributed by atoms with Gasteiger partial charge in [0.15, 0.2) is 5.56 Å². The van der Waals surface area contributed by atoms with Crippen molar-refractivity contribution < 1.29 is 23.7 Å². The Morgan fingerprint density at radius 2 is 0.850 bits per heavy atom. The highest BCUT2D eigenvalue weighted by Crippen LogP contribution is 2.32. The van der Waals surface area contributed by atoms with E-state index in [2.05, 4.69) is 0 Å². The molecule has 40 heavy (non-hydrogen) atoms. The van der Waals surface area contributed by atoms with E-state index in [0.29, 0.717) is 33.0 Å². The van der Waals surface area contributed by atoms with Gasteiger partial charge < -0.3 is 23.7 Å². The van der Waals surface area contributed by atoms with Crippen molar-refractivity contribution in [2.45, 2.75) is 56.4 Å². The van der Waals surface area contributed by atoms with Gasteiger partial charge in [0.05, 0.1) is 33.0 Å². The third kappa shape index (κ3) is 8.24. The molecule has 4 aromatic carbocycles. The van der Waals surface area contributed by atoms with Crippen LogP contribution in [-0.2, 0) is 50.1 Å². The molecule has 1 heterocycles. The second-order valence-corrected chi connectivity index (χ2v) is 10.2. The van der Waals surface area contributed by atoms with Crippen LogP contribution in [0.3, 0.4) is 0 Å². The molecule has 0 bridgehead atoms. The van der Waals surface area contributed by atoms with Crippen molar-refractivity contribution >= 4 is 11.6 Å². The van der Waals surface area contributed by atoms with Crippen molar-refractivity contribution in [1.29, 1.82) is 0 Å². The van der Waals surface area contributed by atoms with E-state index in [1.165, 1.54) is 0 Å². The predicted molar refractivity (Wildman–Crippen MR) is 156 cm³/mol. The zero-order chi connectivity index (χ0) is 27.4. The molecule has 2 unspecified atom stereocenters. The minimum absolute atomic E-state index is 0.300. The van der Waals surface area contributed by atoms with Crippen molar-refractivity contribution in [3.05, 3.63) is 144 Å². The Bertz CT molecular complexity index is 1240. The SMILES string of the molecule is Cl[C@H]1OC(COCc2ccccc2)[C@@H](OCc2ccccc2)C(OCc2ccccc2)[C@H]1OCc1ccccc1. The molecule has 5 nitrogen and oxygen atoms in total. The highest BCUT2D eigenvalue weighted by molar-refractivity contribution is 6.20. The molecule has 1 fully saturated rings. The van der Waals surface area contributed by atoms with Gasteiger partial charge in [0, 0.05) is 0 Å². The number of hydrogen-bond acceptors (Lipinski definition) is 5. The molecule has 1 aliphatic heterocycles. The van der Waals surface area contributed by atoms with E-state index in [1.54, 1.807) is 0 Å². The highest BCUT2D eigenvalue weighted by Gasteiger charge is 2.47. The van der Waals surface area contributed by atoms with E-state index in [9.17, 15) is 0 Å². The van der Waals surface area contributed by atoms with Crippen LogP contribution in [0.1, 0.15) is 22.3 Å². The van der Waals surface area contributed by atoms with Crippen LogP contribution in [0.4, 0.5) is 0 Å². The summed E-state index contributed by atoms with van der Waals surface area (Å²) in [5.41, 5.74) is 3.50. The monoisotopic (exact) mass is 558 g/mol.